The molecule has 2 nitrogen and oxygen atoms in total. The Hall–Kier alpha value is 1.17. The molecule has 0 aliphatic carbocycles. The van der Waals surface area contributed by atoms with E-state index in [-0.39, 0.29) is 29.6 Å². The normalized spacial score (nSPS) is 15.2. The summed E-state index contributed by atoms with van der Waals surface area (Å²) in [4.78, 5) is 4.14. The predicted molar refractivity (Wildman–Crippen MR) is 54.3 cm³/mol. The Morgan fingerprint density at radius 1 is 1.64 bits per heavy atom. The van der Waals surface area contributed by atoms with E-state index in [9.17, 15) is 0 Å². The molecule has 0 saturated heterocycles. The molecule has 0 fully saturated rings. The van der Waals surface area contributed by atoms with E-state index in [1.165, 1.54) is 12.2 Å². The van der Waals surface area contributed by atoms with Crippen LogP contribution in [0, 0.1) is 0 Å². The van der Waals surface area contributed by atoms with Gasteiger partial charge in [-0.3, -0.25) is 0 Å². The zero-order valence-electron chi connectivity index (χ0n) is 7.00. The van der Waals surface area contributed by atoms with Crippen molar-refractivity contribution in [2.24, 2.45) is 4.99 Å². The fourth-order valence-corrected chi connectivity index (χ4v) is 2.52. The summed E-state index contributed by atoms with van der Waals surface area (Å²) in [5.74, 6) is 1.17. The molecule has 0 amide bonds. The van der Waals surface area contributed by atoms with Gasteiger partial charge in [0.25, 0.3) is 5.23 Å². The first kappa shape index (κ1) is 12.2. The van der Waals surface area contributed by atoms with E-state index in [1.807, 2.05) is 10.8 Å². The summed E-state index contributed by atoms with van der Waals surface area (Å²) in [5.41, 5.74) is 0. The fourth-order valence-electron chi connectivity index (χ4n) is 0.541. The molecule has 11 heavy (non-hydrogen) atoms. The van der Waals surface area contributed by atoms with E-state index in [0.29, 0.717) is 0 Å². The largest absolute Gasteiger partial charge is 0.471 e. The molecule has 0 saturated carbocycles. The Labute approximate surface area is 97.6 Å². The van der Waals surface area contributed by atoms with Crippen LogP contribution in [0.3, 0.4) is 0 Å². The number of aliphatic imine (C=N–C) groups is 1. The van der Waals surface area contributed by atoms with Gasteiger partial charge in [0.15, 0.2) is 0 Å². The first-order chi connectivity index (χ1) is 4.93. The standard InChI is InChI=1S/C6H11NOS2.Na/c1-2-5-9-10-6-7-3-4-8-6;/h2-5H2,1H3;. The molecule has 0 aromatic carbocycles. The third kappa shape index (κ3) is 5.42. The molecule has 1 heterocycles. The first-order valence-electron chi connectivity index (χ1n) is 3.40. The molecular weight excluding hydrogens is 189 g/mol. The quantitative estimate of drug-likeness (QED) is 0.394. The van der Waals surface area contributed by atoms with Gasteiger partial charge >= 0.3 is 0 Å². The predicted octanol–water partition coefficient (Wildman–Crippen LogP) is 1.78. The summed E-state index contributed by atoms with van der Waals surface area (Å²) in [6, 6.07) is 0. The van der Waals surface area contributed by atoms with Crippen LogP contribution in [0.5, 0.6) is 0 Å². The van der Waals surface area contributed by atoms with Gasteiger partial charge in [-0.15, -0.1) is 0 Å². The molecule has 0 unspecified atom stereocenters. The van der Waals surface area contributed by atoms with Crippen molar-refractivity contribution < 1.29 is 4.74 Å². The maximum absolute atomic E-state index is 5.19. The van der Waals surface area contributed by atoms with E-state index in [0.717, 1.165) is 18.4 Å². The van der Waals surface area contributed by atoms with Crippen molar-refractivity contribution in [1.82, 2.24) is 0 Å². The smallest absolute Gasteiger partial charge is 0.256 e. The summed E-state index contributed by atoms with van der Waals surface area (Å²) in [6.07, 6.45) is 1.21. The minimum absolute atomic E-state index is 0. The van der Waals surface area contributed by atoms with Crippen LogP contribution in [-0.2, 0) is 4.74 Å². The molecule has 1 rings (SSSR count). The molecule has 0 spiro atoms. The molecular formula is C6H11NNaOS2. The van der Waals surface area contributed by atoms with Crippen LogP contribution < -0.4 is 0 Å². The van der Waals surface area contributed by atoms with Gasteiger partial charge in [-0.2, -0.15) is 0 Å². The Bertz CT molecular complexity index is 132. The van der Waals surface area contributed by atoms with Crippen LogP contribution in [0.2, 0.25) is 0 Å². The third-order valence-electron chi connectivity index (χ3n) is 0.975. The number of ether oxygens (including phenoxy) is 1. The van der Waals surface area contributed by atoms with E-state index in [2.05, 4.69) is 11.9 Å². The summed E-state index contributed by atoms with van der Waals surface area (Å²) < 4.78 is 5.19. The van der Waals surface area contributed by atoms with Gasteiger partial charge in [-0.25, -0.2) is 4.99 Å². The topological polar surface area (TPSA) is 21.6 Å². The second kappa shape index (κ2) is 7.80. The zero-order valence-corrected chi connectivity index (χ0v) is 10.6. The minimum atomic E-state index is 0. The monoisotopic (exact) mass is 200 g/mol. The number of rotatable bonds is 3. The Morgan fingerprint density at radius 2 is 2.45 bits per heavy atom. The molecule has 0 aromatic heterocycles. The second-order valence-corrected chi connectivity index (χ2v) is 4.27. The van der Waals surface area contributed by atoms with Crippen LogP contribution in [0.4, 0.5) is 0 Å². The molecule has 0 atom stereocenters. The Balaban J connectivity index is 0.000001000. The van der Waals surface area contributed by atoms with Crippen molar-refractivity contribution in [3.8, 4) is 0 Å². The van der Waals surface area contributed by atoms with E-state index in [4.69, 9.17) is 4.74 Å². The van der Waals surface area contributed by atoms with Gasteiger partial charge in [-0.1, -0.05) is 17.7 Å². The van der Waals surface area contributed by atoms with Crippen LogP contribution >= 0.6 is 21.6 Å². The average molecular weight is 200 g/mol. The van der Waals surface area contributed by atoms with Crippen molar-refractivity contribution >= 4 is 56.4 Å². The van der Waals surface area contributed by atoms with Gasteiger partial charge < -0.3 is 4.74 Å². The van der Waals surface area contributed by atoms with Crippen molar-refractivity contribution in [3.05, 3.63) is 0 Å². The SMILES string of the molecule is CCCSSC1=NCCO1.[Na]. The maximum Gasteiger partial charge on any atom is 0.256 e. The van der Waals surface area contributed by atoms with Gasteiger partial charge in [0.2, 0.25) is 0 Å². The van der Waals surface area contributed by atoms with Crippen molar-refractivity contribution in [3.63, 3.8) is 0 Å². The average Bonchev–Trinajstić information content (AvgIpc) is 2.41. The Morgan fingerprint density at radius 3 is 3.00 bits per heavy atom. The third-order valence-corrected chi connectivity index (χ3v) is 3.34. The van der Waals surface area contributed by atoms with Gasteiger partial charge in [-0.05, 0) is 6.42 Å². The second-order valence-electron chi connectivity index (χ2n) is 1.90. The molecule has 1 radical (unpaired) electrons. The van der Waals surface area contributed by atoms with Crippen molar-refractivity contribution in [2.45, 2.75) is 13.3 Å². The molecule has 59 valence electrons. The zero-order chi connectivity index (χ0) is 7.23. The van der Waals surface area contributed by atoms with E-state index in [1.54, 1.807) is 10.8 Å². The summed E-state index contributed by atoms with van der Waals surface area (Å²) in [7, 11) is 3.46. The Kier molecular flexibility index (Phi) is 8.63. The van der Waals surface area contributed by atoms with Crippen molar-refractivity contribution in [1.29, 1.82) is 0 Å². The van der Waals surface area contributed by atoms with E-state index < -0.39 is 0 Å². The van der Waals surface area contributed by atoms with Crippen molar-refractivity contribution in [2.75, 3.05) is 18.9 Å². The van der Waals surface area contributed by atoms with Crippen LogP contribution in [0.15, 0.2) is 4.99 Å². The fraction of sp³-hybridized carbons (Fsp3) is 0.833. The van der Waals surface area contributed by atoms with Crippen LogP contribution in [0.25, 0.3) is 0 Å². The van der Waals surface area contributed by atoms with Gasteiger partial charge in [0.1, 0.15) is 6.61 Å². The van der Waals surface area contributed by atoms with Gasteiger partial charge in [0, 0.05) is 46.1 Å². The summed E-state index contributed by atoms with van der Waals surface area (Å²) >= 11 is 0. The first-order valence-corrected chi connectivity index (χ1v) is 5.72. The number of hydrogen-bond acceptors (Lipinski definition) is 4. The van der Waals surface area contributed by atoms with Crippen LogP contribution in [-0.4, -0.2) is 53.7 Å². The molecule has 1 aliphatic rings. The number of hydrogen-bond donors (Lipinski definition) is 0. The molecule has 0 N–H and O–H groups in total. The maximum atomic E-state index is 5.19. The summed E-state index contributed by atoms with van der Waals surface area (Å²) in [5, 5.41) is 0.860. The molecule has 0 bridgehead atoms. The van der Waals surface area contributed by atoms with Gasteiger partial charge in [0.05, 0.1) is 6.54 Å². The van der Waals surface area contributed by atoms with Crippen LogP contribution in [0.1, 0.15) is 13.3 Å². The number of nitrogens with zero attached hydrogens (tertiary/aromatic N) is 1. The molecule has 5 heteroatoms. The van der Waals surface area contributed by atoms with E-state index >= 15 is 0 Å². The summed E-state index contributed by atoms with van der Waals surface area (Å²) in [6.45, 7) is 3.79. The minimum Gasteiger partial charge on any atom is -0.471 e. The molecule has 0 aromatic rings. The molecule has 1 aliphatic heterocycles.